The fourth-order valence-electron chi connectivity index (χ4n) is 2.75. The molecule has 2 rings (SSSR count). The van der Waals surface area contributed by atoms with Crippen LogP contribution >= 0.6 is 0 Å². The summed E-state index contributed by atoms with van der Waals surface area (Å²) in [7, 11) is 0. The molecule has 0 bridgehead atoms. The lowest BCUT2D eigenvalue weighted by atomic mass is 9.81. The van der Waals surface area contributed by atoms with Crippen molar-refractivity contribution in [2.24, 2.45) is 11.8 Å². The Kier molecular flexibility index (Phi) is 4.04. The molecule has 2 aliphatic carbocycles. The molecule has 0 aromatic carbocycles. The van der Waals surface area contributed by atoms with E-state index < -0.39 is 0 Å². The first-order valence-electron chi connectivity index (χ1n) is 6.66. The Bertz CT molecular complexity index is 187. The number of rotatable bonds is 7. The van der Waals surface area contributed by atoms with Gasteiger partial charge in [0.05, 0.1) is 0 Å². The van der Waals surface area contributed by atoms with Crippen LogP contribution in [0.4, 0.5) is 0 Å². The van der Waals surface area contributed by atoms with Crippen LogP contribution in [0.2, 0.25) is 0 Å². The summed E-state index contributed by atoms with van der Waals surface area (Å²) in [5, 5.41) is 12.7. The predicted octanol–water partition coefficient (Wildman–Crippen LogP) is 2.32. The highest BCUT2D eigenvalue weighted by Gasteiger charge is 2.31. The zero-order chi connectivity index (χ0) is 10.7. The van der Waals surface area contributed by atoms with Crippen LogP contribution in [-0.2, 0) is 0 Å². The Morgan fingerprint density at radius 1 is 1.27 bits per heavy atom. The van der Waals surface area contributed by atoms with Crippen molar-refractivity contribution in [2.75, 3.05) is 6.61 Å². The van der Waals surface area contributed by atoms with Gasteiger partial charge in [-0.15, -0.1) is 0 Å². The van der Waals surface area contributed by atoms with Crippen LogP contribution in [0.3, 0.4) is 0 Å². The predicted molar refractivity (Wildman–Crippen MR) is 62.8 cm³/mol. The maximum absolute atomic E-state index is 9.03. The molecule has 0 aliphatic heterocycles. The highest BCUT2D eigenvalue weighted by Crippen LogP contribution is 2.35. The fraction of sp³-hybridized carbons (Fsp3) is 1.00. The Morgan fingerprint density at radius 3 is 2.47 bits per heavy atom. The number of aliphatic hydroxyl groups excluding tert-OH is 1. The van der Waals surface area contributed by atoms with Crippen molar-refractivity contribution < 1.29 is 5.11 Å². The largest absolute Gasteiger partial charge is 0.396 e. The maximum atomic E-state index is 9.03. The first-order valence-corrected chi connectivity index (χ1v) is 6.66. The minimum Gasteiger partial charge on any atom is -0.396 e. The van der Waals surface area contributed by atoms with Gasteiger partial charge in [-0.25, -0.2) is 0 Å². The SMILES string of the molecule is CC(CC1CCC1)NC(CCO)C1CC1. The van der Waals surface area contributed by atoms with Crippen molar-refractivity contribution >= 4 is 0 Å². The standard InChI is InChI=1S/C13H25NO/c1-10(9-11-3-2-4-11)14-13(7-8-15)12-5-6-12/h10-15H,2-9H2,1H3. The summed E-state index contributed by atoms with van der Waals surface area (Å²) in [5.41, 5.74) is 0. The molecule has 0 heterocycles. The third-order valence-corrected chi connectivity index (χ3v) is 4.04. The lowest BCUT2D eigenvalue weighted by Crippen LogP contribution is -2.40. The summed E-state index contributed by atoms with van der Waals surface area (Å²) in [6.07, 6.45) is 9.36. The number of aliphatic hydroxyl groups is 1. The second kappa shape index (κ2) is 5.31. The molecular formula is C13H25NO. The van der Waals surface area contributed by atoms with Crippen LogP contribution in [0.5, 0.6) is 0 Å². The summed E-state index contributed by atoms with van der Waals surface area (Å²) in [5.74, 6) is 1.85. The first kappa shape index (κ1) is 11.4. The second-order valence-electron chi connectivity index (χ2n) is 5.56. The minimum absolute atomic E-state index is 0.338. The van der Waals surface area contributed by atoms with Crippen LogP contribution < -0.4 is 5.32 Å². The van der Waals surface area contributed by atoms with Crippen molar-refractivity contribution in [3.8, 4) is 0 Å². The van der Waals surface area contributed by atoms with E-state index in [9.17, 15) is 0 Å². The van der Waals surface area contributed by atoms with Crippen molar-refractivity contribution in [3.63, 3.8) is 0 Å². The molecule has 2 atom stereocenters. The van der Waals surface area contributed by atoms with Gasteiger partial charge in [-0.3, -0.25) is 0 Å². The Labute approximate surface area is 93.5 Å². The van der Waals surface area contributed by atoms with Gasteiger partial charge in [-0.1, -0.05) is 19.3 Å². The van der Waals surface area contributed by atoms with E-state index in [0.717, 1.165) is 18.3 Å². The molecule has 0 saturated heterocycles. The molecule has 15 heavy (non-hydrogen) atoms. The third kappa shape index (κ3) is 3.46. The molecule has 0 amide bonds. The molecule has 2 unspecified atom stereocenters. The molecular weight excluding hydrogens is 186 g/mol. The van der Waals surface area contributed by atoms with E-state index in [2.05, 4.69) is 12.2 Å². The van der Waals surface area contributed by atoms with E-state index in [1.54, 1.807) is 0 Å². The van der Waals surface area contributed by atoms with Gasteiger partial charge in [0.15, 0.2) is 0 Å². The fourth-order valence-corrected chi connectivity index (χ4v) is 2.75. The molecule has 2 saturated carbocycles. The lowest BCUT2D eigenvalue weighted by Gasteiger charge is -2.30. The molecule has 0 radical (unpaired) electrons. The average Bonchev–Trinajstić information content (AvgIpc) is 2.94. The molecule has 88 valence electrons. The minimum atomic E-state index is 0.338. The zero-order valence-corrected chi connectivity index (χ0v) is 9.91. The van der Waals surface area contributed by atoms with Gasteiger partial charge in [0, 0.05) is 18.7 Å². The van der Waals surface area contributed by atoms with Gasteiger partial charge in [0.1, 0.15) is 0 Å². The first-order chi connectivity index (χ1) is 7.29. The van der Waals surface area contributed by atoms with Crippen molar-refractivity contribution in [1.29, 1.82) is 0 Å². The number of hydrogen-bond acceptors (Lipinski definition) is 2. The van der Waals surface area contributed by atoms with Crippen LogP contribution in [0.1, 0.15) is 51.9 Å². The molecule has 2 heteroatoms. The van der Waals surface area contributed by atoms with E-state index in [1.807, 2.05) is 0 Å². The number of hydrogen-bond donors (Lipinski definition) is 2. The normalized spacial score (nSPS) is 26.0. The molecule has 2 N–H and O–H groups in total. The highest BCUT2D eigenvalue weighted by atomic mass is 16.3. The van der Waals surface area contributed by atoms with Crippen LogP contribution in [-0.4, -0.2) is 23.8 Å². The third-order valence-electron chi connectivity index (χ3n) is 4.04. The van der Waals surface area contributed by atoms with Crippen molar-refractivity contribution in [2.45, 2.75) is 64.0 Å². The summed E-state index contributed by atoms with van der Waals surface area (Å²) < 4.78 is 0. The molecule has 2 aliphatic rings. The van der Waals surface area contributed by atoms with Gasteiger partial charge in [-0.05, 0) is 44.4 Å². The van der Waals surface area contributed by atoms with Crippen LogP contribution in [0.25, 0.3) is 0 Å². The topological polar surface area (TPSA) is 32.3 Å². The molecule has 2 fully saturated rings. The Hall–Kier alpha value is -0.0800. The van der Waals surface area contributed by atoms with E-state index >= 15 is 0 Å². The summed E-state index contributed by atoms with van der Waals surface area (Å²) in [6.45, 7) is 2.65. The van der Waals surface area contributed by atoms with Gasteiger partial charge in [-0.2, -0.15) is 0 Å². The summed E-state index contributed by atoms with van der Waals surface area (Å²) in [4.78, 5) is 0. The monoisotopic (exact) mass is 211 g/mol. The van der Waals surface area contributed by atoms with Gasteiger partial charge < -0.3 is 10.4 Å². The zero-order valence-electron chi connectivity index (χ0n) is 9.91. The molecule has 0 aromatic heterocycles. The Morgan fingerprint density at radius 2 is 2.00 bits per heavy atom. The van der Waals surface area contributed by atoms with E-state index in [1.165, 1.54) is 38.5 Å². The van der Waals surface area contributed by atoms with Crippen LogP contribution in [0, 0.1) is 11.8 Å². The average molecular weight is 211 g/mol. The van der Waals surface area contributed by atoms with E-state index in [0.29, 0.717) is 18.7 Å². The molecule has 0 spiro atoms. The van der Waals surface area contributed by atoms with Gasteiger partial charge in [0.2, 0.25) is 0 Å². The van der Waals surface area contributed by atoms with Crippen LogP contribution in [0.15, 0.2) is 0 Å². The highest BCUT2D eigenvalue weighted by molar-refractivity contribution is 4.88. The molecule has 2 nitrogen and oxygen atoms in total. The van der Waals surface area contributed by atoms with Crippen molar-refractivity contribution in [3.05, 3.63) is 0 Å². The van der Waals surface area contributed by atoms with Gasteiger partial charge >= 0.3 is 0 Å². The van der Waals surface area contributed by atoms with Crippen molar-refractivity contribution in [1.82, 2.24) is 5.32 Å². The van der Waals surface area contributed by atoms with E-state index in [4.69, 9.17) is 5.11 Å². The Balaban J connectivity index is 1.67. The second-order valence-corrected chi connectivity index (χ2v) is 5.56. The molecule has 0 aromatic rings. The smallest absolute Gasteiger partial charge is 0.0445 e. The number of nitrogens with one attached hydrogen (secondary N) is 1. The quantitative estimate of drug-likeness (QED) is 0.677. The maximum Gasteiger partial charge on any atom is 0.0445 e. The van der Waals surface area contributed by atoms with E-state index in [-0.39, 0.29) is 0 Å². The summed E-state index contributed by atoms with van der Waals surface area (Å²) >= 11 is 0. The lowest BCUT2D eigenvalue weighted by molar-refractivity contribution is 0.225. The summed E-state index contributed by atoms with van der Waals surface area (Å²) in [6, 6.07) is 1.23. The van der Waals surface area contributed by atoms with Gasteiger partial charge in [0.25, 0.3) is 0 Å².